The summed E-state index contributed by atoms with van der Waals surface area (Å²) < 4.78 is 37.7. The molecule has 34 heavy (non-hydrogen) atoms. The fraction of sp³-hybridized carbons (Fsp3) is 0.545. The molecule has 1 amide bonds. The number of sulfonamides is 1. The highest BCUT2D eigenvalue weighted by atomic mass is 32.2. The van der Waals surface area contributed by atoms with E-state index >= 15 is 0 Å². The van der Waals surface area contributed by atoms with Gasteiger partial charge in [0, 0.05) is 31.7 Å². The molecule has 0 spiro atoms. The maximum absolute atomic E-state index is 12.8. The predicted molar refractivity (Wildman–Crippen MR) is 127 cm³/mol. The van der Waals surface area contributed by atoms with E-state index in [9.17, 15) is 18.0 Å². The lowest BCUT2D eigenvalue weighted by molar-refractivity contribution is -0.151. The number of likely N-dealkylation sites (tertiary alicyclic amines) is 1. The Labute approximate surface area is 204 Å². The summed E-state index contributed by atoms with van der Waals surface area (Å²) in [7, 11) is -3.61. The van der Waals surface area contributed by atoms with Crippen LogP contribution < -0.4 is 0 Å². The molecule has 2 aromatic rings. The van der Waals surface area contributed by atoms with Gasteiger partial charge in [-0.15, -0.1) is 10.2 Å². The highest BCUT2D eigenvalue weighted by molar-refractivity contribution is 7.99. The van der Waals surface area contributed by atoms with Crippen LogP contribution in [0.25, 0.3) is 11.5 Å². The van der Waals surface area contributed by atoms with Gasteiger partial charge in [-0.1, -0.05) is 31.7 Å². The Morgan fingerprint density at radius 2 is 1.88 bits per heavy atom. The fourth-order valence-corrected chi connectivity index (χ4v) is 5.90. The van der Waals surface area contributed by atoms with Crippen molar-refractivity contribution in [2.45, 2.75) is 43.7 Å². The molecule has 1 fully saturated rings. The third-order valence-corrected chi connectivity index (χ3v) is 8.47. The Bertz CT molecular complexity index is 1090. The van der Waals surface area contributed by atoms with Crippen LogP contribution in [0, 0.1) is 5.92 Å². The second kappa shape index (κ2) is 11.8. The van der Waals surface area contributed by atoms with Crippen LogP contribution >= 0.6 is 11.8 Å². The van der Waals surface area contributed by atoms with Crippen LogP contribution in [-0.4, -0.2) is 78.2 Å². The molecule has 0 aliphatic carbocycles. The van der Waals surface area contributed by atoms with E-state index in [2.05, 4.69) is 10.2 Å². The van der Waals surface area contributed by atoms with Crippen LogP contribution in [0.1, 0.15) is 33.6 Å². The average molecular weight is 511 g/mol. The van der Waals surface area contributed by atoms with Gasteiger partial charge in [0.05, 0.1) is 23.2 Å². The maximum Gasteiger partial charge on any atom is 0.309 e. The molecule has 0 bridgehead atoms. The number of carbonyl (C=O) groups is 2. The number of esters is 1. The van der Waals surface area contributed by atoms with Crippen LogP contribution in [0.3, 0.4) is 0 Å². The predicted octanol–water partition coefficient (Wildman–Crippen LogP) is 2.66. The van der Waals surface area contributed by atoms with Crippen molar-refractivity contribution in [1.82, 2.24) is 19.4 Å². The van der Waals surface area contributed by atoms with Crippen LogP contribution in [0.15, 0.2) is 38.8 Å². The summed E-state index contributed by atoms with van der Waals surface area (Å²) in [6.07, 6.45) is 1.18. The van der Waals surface area contributed by atoms with Gasteiger partial charge in [0.2, 0.25) is 21.8 Å². The van der Waals surface area contributed by atoms with Crippen LogP contribution in [0.4, 0.5) is 0 Å². The molecule has 0 atom stereocenters. The van der Waals surface area contributed by atoms with E-state index < -0.39 is 10.0 Å². The Morgan fingerprint density at radius 1 is 1.18 bits per heavy atom. The first kappa shape index (κ1) is 26.2. The molecular weight excluding hydrogens is 480 g/mol. The molecule has 1 aromatic heterocycles. The molecule has 186 valence electrons. The number of carbonyl (C=O) groups excluding carboxylic acids is 2. The Hall–Kier alpha value is -2.44. The van der Waals surface area contributed by atoms with E-state index in [1.54, 1.807) is 37.8 Å². The second-order valence-corrected chi connectivity index (χ2v) is 10.6. The minimum atomic E-state index is -3.61. The maximum atomic E-state index is 12.8. The number of amides is 1. The molecule has 0 saturated carbocycles. The summed E-state index contributed by atoms with van der Waals surface area (Å²) >= 11 is 1.13. The van der Waals surface area contributed by atoms with Crippen molar-refractivity contribution in [3.63, 3.8) is 0 Å². The van der Waals surface area contributed by atoms with Crippen molar-refractivity contribution in [3.05, 3.63) is 24.3 Å². The zero-order valence-corrected chi connectivity index (χ0v) is 21.2. The summed E-state index contributed by atoms with van der Waals surface area (Å²) in [4.78, 5) is 26.3. The van der Waals surface area contributed by atoms with Gasteiger partial charge in [-0.2, -0.15) is 4.31 Å². The van der Waals surface area contributed by atoms with E-state index in [4.69, 9.17) is 9.15 Å². The molecule has 12 heteroatoms. The van der Waals surface area contributed by atoms with E-state index in [0.717, 1.165) is 11.8 Å². The fourth-order valence-electron chi connectivity index (χ4n) is 3.73. The van der Waals surface area contributed by atoms with E-state index in [0.29, 0.717) is 51.2 Å². The topological polar surface area (TPSA) is 123 Å². The van der Waals surface area contributed by atoms with Gasteiger partial charge in [0.25, 0.3) is 5.22 Å². The summed E-state index contributed by atoms with van der Waals surface area (Å²) in [5.74, 6) is -0.115. The average Bonchev–Trinajstić information content (AvgIpc) is 3.32. The van der Waals surface area contributed by atoms with Crippen LogP contribution in [0.5, 0.6) is 0 Å². The third-order valence-electron chi connectivity index (χ3n) is 5.62. The molecule has 1 aliphatic heterocycles. The molecule has 1 aliphatic rings. The number of rotatable bonds is 10. The highest BCUT2D eigenvalue weighted by Gasteiger charge is 2.28. The monoisotopic (exact) mass is 510 g/mol. The molecular formula is C22H30N4O6S2. The van der Waals surface area contributed by atoms with Crippen LogP contribution in [0.2, 0.25) is 0 Å². The van der Waals surface area contributed by atoms with Crippen molar-refractivity contribution in [2.75, 3.05) is 38.5 Å². The van der Waals surface area contributed by atoms with Gasteiger partial charge >= 0.3 is 5.97 Å². The summed E-state index contributed by atoms with van der Waals surface area (Å²) in [6, 6.07) is 6.37. The quantitative estimate of drug-likeness (QED) is 0.350. The number of hydrogen-bond donors (Lipinski definition) is 0. The number of hydrogen-bond acceptors (Lipinski definition) is 9. The van der Waals surface area contributed by atoms with Gasteiger partial charge in [0.15, 0.2) is 0 Å². The van der Waals surface area contributed by atoms with Crippen LogP contribution in [-0.2, 0) is 24.3 Å². The number of nitrogens with zero attached hydrogens (tertiary/aromatic N) is 4. The minimum absolute atomic E-state index is 0.0700. The lowest BCUT2D eigenvalue weighted by atomic mass is 9.97. The number of aromatic nitrogens is 2. The molecule has 1 saturated heterocycles. The summed E-state index contributed by atoms with van der Waals surface area (Å²) in [6.45, 7) is 7.47. The van der Waals surface area contributed by atoms with Gasteiger partial charge in [-0.3, -0.25) is 9.59 Å². The highest BCUT2D eigenvalue weighted by Crippen LogP contribution is 2.27. The van der Waals surface area contributed by atoms with Crippen molar-refractivity contribution < 1.29 is 27.2 Å². The number of ether oxygens (including phenoxy) is 1. The molecule has 0 radical (unpaired) electrons. The molecule has 3 rings (SSSR count). The lowest BCUT2D eigenvalue weighted by Gasteiger charge is -2.30. The largest absolute Gasteiger partial charge is 0.466 e. The van der Waals surface area contributed by atoms with E-state index in [1.807, 2.05) is 0 Å². The van der Waals surface area contributed by atoms with Crippen molar-refractivity contribution >= 4 is 33.7 Å². The van der Waals surface area contributed by atoms with Crippen molar-refractivity contribution in [3.8, 4) is 11.5 Å². The molecule has 2 heterocycles. The second-order valence-electron chi connectivity index (χ2n) is 7.69. The summed E-state index contributed by atoms with van der Waals surface area (Å²) in [5, 5.41) is 8.21. The zero-order valence-electron chi connectivity index (χ0n) is 19.6. The SMILES string of the molecule is CCOC(=O)C1CCN(C(=O)CSc2nnc(-c3cccc(S(=O)(=O)N(CC)CC)c3)o2)CC1. The molecule has 0 unspecified atom stereocenters. The standard InChI is InChI=1S/C22H30N4O6S2/c1-4-26(5-2)34(29,30)18-9-7-8-17(14-18)20-23-24-22(32-20)33-15-19(27)25-12-10-16(11-13-25)21(28)31-6-3/h7-9,14,16H,4-6,10-13,15H2,1-3H3. The lowest BCUT2D eigenvalue weighted by Crippen LogP contribution is -2.41. The van der Waals surface area contributed by atoms with Gasteiger partial charge in [-0.05, 0) is 38.0 Å². The normalized spacial score (nSPS) is 15.0. The molecule has 0 N–H and O–H groups in total. The Morgan fingerprint density at radius 3 is 2.53 bits per heavy atom. The Balaban J connectivity index is 1.58. The number of benzene rings is 1. The van der Waals surface area contributed by atoms with Crippen molar-refractivity contribution in [1.29, 1.82) is 0 Å². The van der Waals surface area contributed by atoms with E-state index in [1.165, 1.54) is 16.4 Å². The van der Waals surface area contributed by atoms with Gasteiger partial charge < -0.3 is 14.1 Å². The zero-order chi connectivity index (χ0) is 24.7. The first-order valence-corrected chi connectivity index (χ1v) is 13.7. The third kappa shape index (κ3) is 6.16. The summed E-state index contributed by atoms with van der Waals surface area (Å²) in [5.41, 5.74) is 0.486. The number of piperidine rings is 1. The number of thioether (sulfide) groups is 1. The van der Waals surface area contributed by atoms with Gasteiger partial charge in [0.1, 0.15) is 0 Å². The van der Waals surface area contributed by atoms with Crippen molar-refractivity contribution in [2.24, 2.45) is 5.92 Å². The Kier molecular flexibility index (Phi) is 9.09. The minimum Gasteiger partial charge on any atom is -0.466 e. The first-order valence-electron chi connectivity index (χ1n) is 11.3. The smallest absolute Gasteiger partial charge is 0.309 e. The van der Waals surface area contributed by atoms with Gasteiger partial charge in [-0.25, -0.2) is 8.42 Å². The molecule has 10 nitrogen and oxygen atoms in total. The molecule has 1 aromatic carbocycles. The first-order chi connectivity index (χ1) is 16.3. The van der Waals surface area contributed by atoms with E-state index in [-0.39, 0.29) is 39.6 Å².